The number of likely N-dealkylation sites (N-methyl/N-ethyl adjacent to an activating group) is 1. The standard InChI is InChI=1S/C20H19F3N4O/c1-14(16-6-8-18(9-7-16)27-13-24-12-25-27)26(2)19(28)11-15-4-3-5-17(10-15)20(21,22)23/h3-10,12-14H,11H2,1-2H3/t14-/m1/s1. The topological polar surface area (TPSA) is 51.0 Å². The molecule has 0 saturated heterocycles. The summed E-state index contributed by atoms with van der Waals surface area (Å²) in [5.41, 5.74) is 1.33. The fourth-order valence-electron chi connectivity index (χ4n) is 2.84. The minimum absolute atomic E-state index is 0.0954. The molecule has 146 valence electrons. The van der Waals surface area contributed by atoms with Crippen LogP contribution in [0.1, 0.15) is 29.7 Å². The van der Waals surface area contributed by atoms with Crippen LogP contribution in [-0.2, 0) is 17.4 Å². The maximum Gasteiger partial charge on any atom is 0.416 e. The summed E-state index contributed by atoms with van der Waals surface area (Å²) in [4.78, 5) is 18.0. The molecular formula is C20H19F3N4O. The number of hydrogen-bond acceptors (Lipinski definition) is 3. The molecule has 0 bridgehead atoms. The maximum atomic E-state index is 12.8. The van der Waals surface area contributed by atoms with Gasteiger partial charge in [0, 0.05) is 7.05 Å². The molecule has 1 heterocycles. The molecule has 0 aliphatic rings. The van der Waals surface area contributed by atoms with Crippen molar-refractivity contribution in [2.45, 2.75) is 25.6 Å². The summed E-state index contributed by atoms with van der Waals surface area (Å²) in [5, 5.41) is 4.06. The molecule has 0 fully saturated rings. The van der Waals surface area contributed by atoms with Crippen molar-refractivity contribution >= 4 is 5.91 Å². The highest BCUT2D eigenvalue weighted by Crippen LogP contribution is 2.30. The highest BCUT2D eigenvalue weighted by Gasteiger charge is 2.30. The highest BCUT2D eigenvalue weighted by atomic mass is 19.4. The first kappa shape index (κ1) is 19.6. The highest BCUT2D eigenvalue weighted by molar-refractivity contribution is 5.79. The van der Waals surface area contributed by atoms with Gasteiger partial charge in [0.1, 0.15) is 12.7 Å². The van der Waals surface area contributed by atoms with Crippen LogP contribution in [-0.4, -0.2) is 32.6 Å². The monoisotopic (exact) mass is 388 g/mol. The average molecular weight is 388 g/mol. The molecule has 5 nitrogen and oxygen atoms in total. The normalized spacial score (nSPS) is 12.6. The van der Waals surface area contributed by atoms with Crippen molar-refractivity contribution in [1.82, 2.24) is 19.7 Å². The van der Waals surface area contributed by atoms with Crippen molar-refractivity contribution in [3.63, 3.8) is 0 Å². The lowest BCUT2D eigenvalue weighted by atomic mass is 10.0. The number of aromatic nitrogens is 3. The minimum Gasteiger partial charge on any atom is -0.339 e. The number of hydrogen-bond donors (Lipinski definition) is 0. The zero-order chi connectivity index (χ0) is 20.3. The largest absolute Gasteiger partial charge is 0.416 e. The van der Waals surface area contributed by atoms with Crippen molar-refractivity contribution in [3.8, 4) is 5.69 Å². The van der Waals surface area contributed by atoms with Gasteiger partial charge in [0.2, 0.25) is 5.91 Å². The lowest BCUT2D eigenvalue weighted by molar-refractivity contribution is -0.138. The molecule has 8 heteroatoms. The molecule has 0 aliphatic carbocycles. The Balaban J connectivity index is 1.69. The van der Waals surface area contributed by atoms with E-state index >= 15 is 0 Å². The van der Waals surface area contributed by atoms with Gasteiger partial charge in [-0.25, -0.2) is 9.67 Å². The van der Waals surface area contributed by atoms with Crippen LogP contribution in [0.2, 0.25) is 0 Å². The molecule has 1 atom stereocenters. The van der Waals surface area contributed by atoms with Crippen molar-refractivity contribution in [2.24, 2.45) is 0 Å². The number of carbonyl (C=O) groups excluding carboxylic acids is 1. The predicted molar refractivity (Wildman–Crippen MR) is 97.7 cm³/mol. The molecule has 0 radical (unpaired) electrons. The van der Waals surface area contributed by atoms with Gasteiger partial charge in [0.25, 0.3) is 0 Å². The summed E-state index contributed by atoms with van der Waals surface area (Å²) in [6, 6.07) is 12.1. The van der Waals surface area contributed by atoms with E-state index in [0.717, 1.165) is 23.4 Å². The Hall–Kier alpha value is -3.16. The van der Waals surface area contributed by atoms with Crippen LogP contribution in [0.4, 0.5) is 13.2 Å². The molecule has 2 aromatic carbocycles. The lowest BCUT2D eigenvalue weighted by Crippen LogP contribution is -2.31. The van der Waals surface area contributed by atoms with Gasteiger partial charge >= 0.3 is 6.18 Å². The van der Waals surface area contributed by atoms with Gasteiger partial charge in [-0.15, -0.1) is 0 Å². The van der Waals surface area contributed by atoms with Gasteiger partial charge in [0.15, 0.2) is 0 Å². The Bertz CT molecular complexity index is 937. The molecule has 0 saturated carbocycles. The molecule has 0 N–H and O–H groups in total. The predicted octanol–water partition coefficient (Wildman–Crippen LogP) is 4.05. The Morgan fingerprint density at radius 3 is 2.50 bits per heavy atom. The summed E-state index contributed by atoms with van der Waals surface area (Å²) in [6.45, 7) is 1.87. The van der Waals surface area contributed by atoms with E-state index in [9.17, 15) is 18.0 Å². The summed E-state index contributed by atoms with van der Waals surface area (Å²) in [7, 11) is 1.64. The quantitative estimate of drug-likeness (QED) is 0.663. The minimum atomic E-state index is -4.43. The third-order valence-corrected chi connectivity index (χ3v) is 4.64. The molecule has 0 aliphatic heterocycles. The SMILES string of the molecule is C[C@H](c1ccc(-n2cncn2)cc1)N(C)C(=O)Cc1cccc(C(F)(F)F)c1. The number of halogens is 3. The lowest BCUT2D eigenvalue weighted by Gasteiger charge is -2.26. The van der Waals surface area contributed by atoms with E-state index < -0.39 is 11.7 Å². The van der Waals surface area contributed by atoms with E-state index in [-0.39, 0.29) is 18.4 Å². The Morgan fingerprint density at radius 1 is 1.18 bits per heavy atom. The first-order chi connectivity index (χ1) is 13.3. The molecule has 0 unspecified atom stereocenters. The van der Waals surface area contributed by atoms with Gasteiger partial charge < -0.3 is 4.90 Å². The molecule has 1 amide bonds. The van der Waals surface area contributed by atoms with Crippen LogP contribution in [0, 0.1) is 0 Å². The first-order valence-electron chi connectivity index (χ1n) is 8.62. The van der Waals surface area contributed by atoms with E-state index in [2.05, 4.69) is 10.1 Å². The number of benzene rings is 2. The van der Waals surface area contributed by atoms with Crippen LogP contribution in [0.3, 0.4) is 0 Å². The van der Waals surface area contributed by atoms with E-state index in [1.54, 1.807) is 18.1 Å². The number of alkyl halides is 3. The molecule has 28 heavy (non-hydrogen) atoms. The van der Waals surface area contributed by atoms with Gasteiger partial charge in [-0.2, -0.15) is 18.3 Å². The Labute approximate surface area is 160 Å². The van der Waals surface area contributed by atoms with E-state index in [4.69, 9.17) is 0 Å². The second kappa shape index (κ2) is 7.84. The number of nitrogens with zero attached hydrogens (tertiary/aromatic N) is 4. The molecule has 3 rings (SSSR count). The van der Waals surface area contributed by atoms with Crippen LogP contribution < -0.4 is 0 Å². The van der Waals surface area contributed by atoms with E-state index in [0.29, 0.717) is 5.56 Å². The first-order valence-corrected chi connectivity index (χ1v) is 8.62. The second-order valence-corrected chi connectivity index (χ2v) is 6.49. The maximum absolute atomic E-state index is 12.8. The summed E-state index contributed by atoms with van der Waals surface area (Å²) < 4.78 is 40.1. The van der Waals surface area contributed by atoms with Gasteiger partial charge in [-0.3, -0.25) is 4.79 Å². The number of carbonyl (C=O) groups is 1. The fraction of sp³-hybridized carbons (Fsp3) is 0.250. The van der Waals surface area contributed by atoms with E-state index in [1.165, 1.54) is 23.4 Å². The molecule has 1 aromatic heterocycles. The fourth-order valence-corrected chi connectivity index (χ4v) is 2.84. The Morgan fingerprint density at radius 2 is 1.89 bits per heavy atom. The number of amides is 1. The zero-order valence-corrected chi connectivity index (χ0v) is 15.4. The van der Waals surface area contributed by atoms with Gasteiger partial charge in [-0.05, 0) is 36.2 Å². The third-order valence-electron chi connectivity index (χ3n) is 4.64. The van der Waals surface area contributed by atoms with Crippen molar-refractivity contribution in [3.05, 3.63) is 77.9 Å². The summed E-state index contributed by atoms with van der Waals surface area (Å²) in [5.74, 6) is -0.257. The summed E-state index contributed by atoms with van der Waals surface area (Å²) >= 11 is 0. The number of rotatable bonds is 5. The molecular weight excluding hydrogens is 369 g/mol. The zero-order valence-electron chi connectivity index (χ0n) is 15.4. The Kier molecular flexibility index (Phi) is 5.48. The van der Waals surface area contributed by atoms with Crippen molar-refractivity contribution in [2.75, 3.05) is 7.05 Å². The van der Waals surface area contributed by atoms with E-state index in [1.807, 2.05) is 31.2 Å². The summed E-state index contributed by atoms with van der Waals surface area (Å²) in [6.07, 6.45) is -1.49. The third kappa shape index (κ3) is 4.39. The molecule has 0 spiro atoms. The van der Waals surface area contributed by atoms with Gasteiger partial charge in [-0.1, -0.05) is 30.3 Å². The van der Waals surface area contributed by atoms with Crippen LogP contribution >= 0.6 is 0 Å². The van der Waals surface area contributed by atoms with Crippen molar-refractivity contribution in [1.29, 1.82) is 0 Å². The van der Waals surface area contributed by atoms with Crippen LogP contribution in [0.15, 0.2) is 61.2 Å². The van der Waals surface area contributed by atoms with Crippen LogP contribution in [0.5, 0.6) is 0 Å². The average Bonchev–Trinajstić information content (AvgIpc) is 3.21. The smallest absolute Gasteiger partial charge is 0.339 e. The van der Waals surface area contributed by atoms with Crippen LogP contribution in [0.25, 0.3) is 5.69 Å². The van der Waals surface area contributed by atoms with Crippen molar-refractivity contribution < 1.29 is 18.0 Å². The second-order valence-electron chi connectivity index (χ2n) is 6.49. The van der Waals surface area contributed by atoms with Gasteiger partial charge in [0.05, 0.1) is 23.7 Å². The molecule has 3 aromatic rings.